The lowest BCUT2D eigenvalue weighted by Crippen LogP contribution is -2.49. The van der Waals surface area contributed by atoms with Gasteiger partial charge in [-0.3, -0.25) is 14.9 Å². The SMILES string of the molecule is Cc1ccccc1N[C@@H](NC(=O)c1ccccc1[N+](=O)[O-])C(Cl)(Cl)Cl. The fourth-order valence-electron chi connectivity index (χ4n) is 2.12. The van der Waals surface area contributed by atoms with Gasteiger partial charge in [-0.2, -0.15) is 0 Å². The van der Waals surface area contributed by atoms with Gasteiger partial charge in [0.2, 0.25) is 3.79 Å². The molecule has 6 nitrogen and oxygen atoms in total. The topological polar surface area (TPSA) is 84.3 Å². The van der Waals surface area contributed by atoms with Crippen molar-refractivity contribution in [1.29, 1.82) is 0 Å². The molecule has 9 heteroatoms. The first kappa shape index (κ1) is 19.3. The van der Waals surface area contributed by atoms with Gasteiger partial charge in [0.05, 0.1) is 4.92 Å². The summed E-state index contributed by atoms with van der Waals surface area (Å²) < 4.78 is -1.89. The second kappa shape index (κ2) is 7.91. The number of rotatable bonds is 5. The lowest BCUT2D eigenvalue weighted by atomic mass is 10.1. The molecule has 0 aliphatic carbocycles. The summed E-state index contributed by atoms with van der Waals surface area (Å²) in [5.41, 5.74) is 1.07. The molecule has 0 aliphatic rings. The van der Waals surface area contributed by atoms with Crippen LogP contribution in [0.25, 0.3) is 0 Å². The number of alkyl halides is 3. The average Bonchev–Trinajstić information content (AvgIpc) is 2.55. The molecule has 2 N–H and O–H groups in total. The minimum Gasteiger partial charge on any atom is -0.362 e. The van der Waals surface area contributed by atoms with E-state index in [4.69, 9.17) is 34.8 Å². The number of carbonyl (C=O) groups excluding carboxylic acids is 1. The zero-order valence-electron chi connectivity index (χ0n) is 13.0. The fourth-order valence-corrected chi connectivity index (χ4v) is 2.45. The van der Waals surface area contributed by atoms with Gasteiger partial charge in [0.1, 0.15) is 11.7 Å². The van der Waals surface area contributed by atoms with Crippen LogP contribution in [0.15, 0.2) is 48.5 Å². The molecule has 0 heterocycles. The number of nitro groups is 1. The van der Waals surface area contributed by atoms with Crippen LogP contribution in [-0.4, -0.2) is 20.8 Å². The van der Waals surface area contributed by atoms with Gasteiger partial charge >= 0.3 is 0 Å². The Morgan fingerprint density at radius 3 is 2.32 bits per heavy atom. The van der Waals surface area contributed by atoms with Gasteiger partial charge < -0.3 is 10.6 Å². The Morgan fingerprint density at radius 2 is 1.72 bits per heavy atom. The molecule has 0 spiro atoms. The molecule has 1 amide bonds. The van der Waals surface area contributed by atoms with Gasteiger partial charge in [-0.05, 0) is 24.6 Å². The first-order valence-electron chi connectivity index (χ1n) is 7.13. The summed E-state index contributed by atoms with van der Waals surface area (Å²) in [7, 11) is 0. The van der Waals surface area contributed by atoms with Crippen LogP contribution in [0.1, 0.15) is 15.9 Å². The third-order valence-electron chi connectivity index (χ3n) is 3.39. The van der Waals surface area contributed by atoms with E-state index in [1.807, 2.05) is 19.1 Å². The zero-order chi connectivity index (χ0) is 18.6. The number of hydrogen-bond donors (Lipinski definition) is 2. The number of nitrogens with one attached hydrogen (secondary N) is 2. The lowest BCUT2D eigenvalue weighted by molar-refractivity contribution is -0.385. The second-order valence-electron chi connectivity index (χ2n) is 5.18. The van der Waals surface area contributed by atoms with Crippen molar-refractivity contribution in [3.05, 3.63) is 69.8 Å². The highest BCUT2D eigenvalue weighted by Gasteiger charge is 2.35. The molecule has 0 radical (unpaired) electrons. The maximum absolute atomic E-state index is 12.5. The molecule has 1 atom stereocenters. The van der Waals surface area contributed by atoms with Crippen LogP contribution in [0.5, 0.6) is 0 Å². The van der Waals surface area contributed by atoms with E-state index in [2.05, 4.69) is 10.6 Å². The monoisotopic (exact) mass is 401 g/mol. The third-order valence-corrected chi connectivity index (χ3v) is 4.05. The van der Waals surface area contributed by atoms with E-state index in [1.54, 1.807) is 12.1 Å². The third kappa shape index (κ3) is 4.98. The van der Waals surface area contributed by atoms with Crippen LogP contribution in [0.2, 0.25) is 0 Å². The van der Waals surface area contributed by atoms with E-state index in [0.29, 0.717) is 5.69 Å². The highest BCUT2D eigenvalue weighted by Crippen LogP contribution is 2.32. The van der Waals surface area contributed by atoms with Crippen molar-refractivity contribution < 1.29 is 9.72 Å². The largest absolute Gasteiger partial charge is 0.362 e. The van der Waals surface area contributed by atoms with E-state index >= 15 is 0 Å². The molecule has 0 saturated carbocycles. The van der Waals surface area contributed by atoms with E-state index in [0.717, 1.165) is 5.56 Å². The number of carbonyl (C=O) groups is 1. The van der Waals surface area contributed by atoms with Crippen LogP contribution in [0.4, 0.5) is 11.4 Å². The molecule has 0 saturated heterocycles. The van der Waals surface area contributed by atoms with Crippen molar-refractivity contribution >= 4 is 52.1 Å². The molecule has 2 aromatic carbocycles. The van der Waals surface area contributed by atoms with Crippen molar-refractivity contribution in [2.75, 3.05) is 5.32 Å². The number of halogens is 3. The fraction of sp³-hybridized carbons (Fsp3) is 0.188. The molecule has 0 aromatic heterocycles. The Bertz CT molecular complexity index is 793. The molecule has 2 rings (SSSR count). The Labute approximate surface area is 159 Å². The van der Waals surface area contributed by atoms with Crippen LogP contribution >= 0.6 is 34.8 Å². The van der Waals surface area contributed by atoms with Gasteiger partial charge in [0, 0.05) is 11.8 Å². The minimum atomic E-state index is -1.89. The summed E-state index contributed by atoms with van der Waals surface area (Å²) in [5.74, 6) is -0.732. The summed E-state index contributed by atoms with van der Waals surface area (Å²) >= 11 is 17.9. The highest BCUT2D eigenvalue weighted by atomic mass is 35.6. The standard InChI is InChI=1S/C16H14Cl3N3O3/c1-10-6-2-4-8-12(10)20-15(16(17,18)19)21-14(23)11-7-3-5-9-13(11)22(24)25/h2-9,15,20H,1H3,(H,21,23)/t15-/m0/s1. The van der Waals surface area contributed by atoms with Crippen molar-refractivity contribution in [3.8, 4) is 0 Å². The van der Waals surface area contributed by atoms with E-state index in [-0.39, 0.29) is 11.3 Å². The van der Waals surface area contributed by atoms with Gasteiger partial charge in [0.15, 0.2) is 0 Å². The Kier molecular flexibility index (Phi) is 6.11. The highest BCUT2D eigenvalue weighted by molar-refractivity contribution is 6.68. The number of nitrogens with zero attached hydrogens (tertiary/aromatic N) is 1. The smallest absolute Gasteiger partial charge is 0.282 e. The molecule has 0 fully saturated rings. The number of amides is 1. The maximum Gasteiger partial charge on any atom is 0.282 e. The molecule has 132 valence electrons. The quantitative estimate of drug-likeness (QED) is 0.335. The number of benzene rings is 2. The number of anilines is 1. The normalized spacial score (nSPS) is 12.3. The van der Waals surface area contributed by atoms with Crippen molar-refractivity contribution in [2.45, 2.75) is 16.9 Å². The molecule has 0 bridgehead atoms. The molecule has 0 unspecified atom stereocenters. The average molecular weight is 403 g/mol. The molecule has 2 aromatic rings. The zero-order valence-corrected chi connectivity index (χ0v) is 15.3. The van der Waals surface area contributed by atoms with Gasteiger partial charge in [0.25, 0.3) is 11.6 Å². The van der Waals surface area contributed by atoms with Crippen LogP contribution < -0.4 is 10.6 Å². The molecule has 25 heavy (non-hydrogen) atoms. The molecule has 0 aliphatic heterocycles. The summed E-state index contributed by atoms with van der Waals surface area (Å²) in [5, 5.41) is 16.5. The second-order valence-corrected chi connectivity index (χ2v) is 7.55. The number of hydrogen-bond acceptors (Lipinski definition) is 4. The van der Waals surface area contributed by atoms with E-state index < -0.39 is 20.8 Å². The number of aryl methyl sites for hydroxylation is 1. The summed E-state index contributed by atoms with van der Waals surface area (Å²) in [6, 6.07) is 12.8. The predicted molar refractivity (Wildman–Crippen MR) is 99.4 cm³/mol. The lowest BCUT2D eigenvalue weighted by Gasteiger charge is -2.28. The molecular formula is C16H14Cl3N3O3. The summed E-state index contributed by atoms with van der Waals surface area (Å²) in [4.78, 5) is 22.9. The first-order chi connectivity index (χ1) is 11.7. The summed E-state index contributed by atoms with van der Waals surface area (Å²) in [6.45, 7) is 1.85. The number of para-hydroxylation sites is 2. The Morgan fingerprint density at radius 1 is 1.12 bits per heavy atom. The van der Waals surface area contributed by atoms with Crippen LogP contribution in [-0.2, 0) is 0 Å². The van der Waals surface area contributed by atoms with Crippen LogP contribution in [0.3, 0.4) is 0 Å². The summed E-state index contributed by atoms with van der Waals surface area (Å²) in [6.07, 6.45) is -1.11. The van der Waals surface area contributed by atoms with Gasteiger partial charge in [-0.25, -0.2) is 0 Å². The van der Waals surface area contributed by atoms with Gasteiger partial charge in [-0.1, -0.05) is 65.1 Å². The minimum absolute atomic E-state index is 0.127. The van der Waals surface area contributed by atoms with Gasteiger partial charge in [-0.15, -0.1) is 0 Å². The number of nitro benzene ring substituents is 1. The van der Waals surface area contributed by atoms with E-state index in [1.165, 1.54) is 24.3 Å². The predicted octanol–water partition coefficient (Wildman–Crippen LogP) is 4.44. The van der Waals surface area contributed by atoms with Crippen molar-refractivity contribution in [2.24, 2.45) is 0 Å². The van der Waals surface area contributed by atoms with E-state index in [9.17, 15) is 14.9 Å². The molecular weight excluding hydrogens is 389 g/mol. The first-order valence-corrected chi connectivity index (χ1v) is 8.26. The maximum atomic E-state index is 12.5. The Balaban J connectivity index is 2.28. The van der Waals surface area contributed by atoms with Crippen molar-refractivity contribution in [1.82, 2.24) is 5.32 Å². The van der Waals surface area contributed by atoms with Crippen molar-refractivity contribution in [3.63, 3.8) is 0 Å². The van der Waals surface area contributed by atoms with Crippen LogP contribution in [0, 0.1) is 17.0 Å². The Hall–Kier alpha value is -2.02.